The molecule has 1 saturated carbocycles. The van der Waals surface area contributed by atoms with Crippen molar-refractivity contribution in [1.82, 2.24) is 24.5 Å². The van der Waals surface area contributed by atoms with Gasteiger partial charge >= 0.3 is 0 Å². The summed E-state index contributed by atoms with van der Waals surface area (Å²) in [5.74, 6) is 3.54. The molecule has 2 fully saturated rings. The number of pyridine rings is 1. The Hall–Kier alpha value is -3.16. The highest BCUT2D eigenvalue weighted by atomic mass is 15.2. The van der Waals surface area contributed by atoms with Crippen molar-refractivity contribution < 1.29 is 0 Å². The van der Waals surface area contributed by atoms with E-state index in [2.05, 4.69) is 48.1 Å². The molecule has 5 rings (SSSR count). The molecule has 0 aromatic carbocycles. The van der Waals surface area contributed by atoms with Crippen molar-refractivity contribution in [3.8, 4) is 0 Å². The van der Waals surface area contributed by atoms with Crippen molar-refractivity contribution in [3.63, 3.8) is 0 Å². The van der Waals surface area contributed by atoms with Gasteiger partial charge in [0.15, 0.2) is 0 Å². The van der Waals surface area contributed by atoms with Crippen LogP contribution in [0.1, 0.15) is 43.0 Å². The van der Waals surface area contributed by atoms with Crippen LogP contribution >= 0.6 is 0 Å². The minimum Gasteiger partial charge on any atom is -0.368 e. The van der Waals surface area contributed by atoms with E-state index in [9.17, 15) is 0 Å². The minimum atomic E-state index is 0.326. The van der Waals surface area contributed by atoms with Crippen LogP contribution in [0.4, 0.5) is 17.6 Å². The van der Waals surface area contributed by atoms with Crippen LogP contribution < -0.4 is 16.0 Å². The molecule has 4 heterocycles. The number of nitrogen functional groups attached to an aromatic ring is 1. The predicted octanol–water partition coefficient (Wildman–Crippen LogP) is 2.66. The van der Waals surface area contributed by atoms with Crippen LogP contribution in [0.15, 0.2) is 43.0 Å². The van der Waals surface area contributed by atoms with Crippen LogP contribution in [0.2, 0.25) is 0 Å². The van der Waals surface area contributed by atoms with Crippen LogP contribution in [-0.2, 0) is 6.54 Å². The lowest BCUT2D eigenvalue weighted by atomic mass is 9.97. The van der Waals surface area contributed by atoms with E-state index in [-0.39, 0.29) is 0 Å². The topological polar surface area (TPSA) is 97.8 Å². The summed E-state index contributed by atoms with van der Waals surface area (Å²) in [6.45, 7) is 2.66. The number of anilines is 3. The minimum absolute atomic E-state index is 0.326. The summed E-state index contributed by atoms with van der Waals surface area (Å²) in [5, 5.41) is 3.43. The molecule has 2 aliphatic rings. The number of nitrogens with zero attached hydrogens (tertiary/aromatic N) is 6. The first-order chi connectivity index (χ1) is 14.2. The molecule has 1 atom stereocenters. The number of hydrogen-bond acceptors (Lipinski definition) is 7. The summed E-state index contributed by atoms with van der Waals surface area (Å²) >= 11 is 0. The molecular formula is C21H26N8. The van der Waals surface area contributed by atoms with Gasteiger partial charge in [-0.2, -0.15) is 9.97 Å². The maximum absolute atomic E-state index is 5.99. The number of nitrogens with one attached hydrogen (secondary N) is 1. The summed E-state index contributed by atoms with van der Waals surface area (Å²) in [4.78, 5) is 20.0. The lowest BCUT2D eigenvalue weighted by Gasteiger charge is -2.33. The van der Waals surface area contributed by atoms with Gasteiger partial charge in [0.05, 0.1) is 0 Å². The van der Waals surface area contributed by atoms with E-state index < -0.39 is 0 Å². The molecule has 3 aromatic rings. The Morgan fingerprint density at radius 2 is 1.97 bits per heavy atom. The monoisotopic (exact) mass is 390 g/mol. The zero-order valence-electron chi connectivity index (χ0n) is 16.4. The second-order valence-corrected chi connectivity index (χ2v) is 7.94. The molecule has 1 unspecified atom stereocenters. The number of nitrogens with two attached hydrogens (primary N) is 1. The van der Waals surface area contributed by atoms with Gasteiger partial charge in [0, 0.05) is 62.4 Å². The van der Waals surface area contributed by atoms with Crippen molar-refractivity contribution in [1.29, 1.82) is 0 Å². The first-order valence-corrected chi connectivity index (χ1v) is 10.3. The first kappa shape index (κ1) is 17.9. The molecule has 0 radical (unpaired) electrons. The molecule has 3 N–H and O–H groups in total. The molecule has 0 bridgehead atoms. The molecule has 29 heavy (non-hydrogen) atoms. The van der Waals surface area contributed by atoms with Crippen molar-refractivity contribution in [2.45, 2.75) is 44.2 Å². The summed E-state index contributed by atoms with van der Waals surface area (Å²) < 4.78 is 2.25. The Morgan fingerprint density at radius 1 is 1.10 bits per heavy atom. The highest BCUT2D eigenvalue weighted by Gasteiger charge is 2.27. The van der Waals surface area contributed by atoms with Crippen molar-refractivity contribution >= 4 is 17.6 Å². The fraction of sp³-hybridized carbons (Fsp3) is 0.429. The zero-order valence-corrected chi connectivity index (χ0v) is 16.4. The second-order valence-electron chi connectivity index (χ2n) is 7.94. The van der Waals surface area contributed by atoms with Gasteiger partial charge < -0.3 is 20.5 Å². The highest BCUT2D eigenvalue weighted by molar-refractivity contribution is 5.54. The fourth-order valence-corrected chi connectivity index (χ4v) is 4.02. The maximum atomic E-state index is 5.99. The molecule has 0 spiro atoms. The largest absolute Gasteiger partial charge is 0.368 e. The normalized spacial score (nSPS) is 19.3. The van der Waals surface area contributed by atoms with Gasteiger partial charge in [-0.15, -0.1) is 0 Å². The molecule has 1 saturated heterocycles. The summed E-state index contributed by atoms with van der Waals surface area (Å²) in [6, 6.07) is 6.66. The third-order valence-corrected chi connectivity index (χ3v) is 5.62. The third kappa shape index (κ3) is 4.16. The average molecular weight is 390 g/mol. The van der Waals surface area contributed by atoms with E-state index in [1.54, 1.807) is 0 Å². The molecule has 3 aromatic heterocycles. The van der Waals surface area contributed by atoms with Crippen molar-refractivity contribution in [2.24, 2.45) is 0 Å². The van der Waals surface area contributed by atoms with E-state index in [0.29, 0.717) is 17.9 Å². The van der Waals surface area contributed by atoms with Gasteiger partial charge in [0.25, 0.3) is 0 Å². The van der Waals surface area contributed by atoms with Crippen LogP contribution in [0.25, 0.3) is 0 Å². The Morgan fingerprint density at radius 3 is 2.79 bits per heavy atom. The van der Waals surface area contributed by atoms with Crippen LogP contribution in [0.5, 0.6) is 0 Å². The molecule has 150 valence electrons. The Balaban J connectivity index is 1.34. The van der Waals surface area contributed by atoms with E-state index in [1.807, 2.05) is 24.7 Å². The number of piperidine rings is 1. The van der Waals surface area contributed by atoms with Crippen LogP contribution in [0, 0.1) is 0 Å². The fourth-order valence-electron chi connectivity index (χ4n) is 4.02. The quantitative estimate of drug-likeness (QED) is 0.668. The van der Waals surface area contributed by atoms with Gasteiger partial charge in [-0.25, -0.2) is 4.98 Å². The molecule has 8 heteroatoms. The van der Waals surface area contributed by atoms with E-state index in [0.717, 1.165) is 49.9 Å². The van der Waals surface area contributed by atoms with Gasteiger partial charge in [0.1, 0.15) is 17.5 Å². The summed E-state index contributed by atoms with van der Waals surface area (Å²) in [7, 11) is 0. The first-order valence-electron chi connectivity index (χ1n) is 10.3. The zero-order chi connectivity index (χ0) is 19.6. The predicted molar refractivity (Wildman–Crippen MR) is 113 cm³/mol. The summed E-state index contributed by atoms with van der Waals surface area (Å²) in [6.07, 6.45) is 12.3. The Kier molecular flexibility index (Phi) is 4.75. The standard InChI is InChI=1S/C21H26N8/c22-21-26-18(25-17-3-4-17)12-19(27-21)28-10-1-2-16(14-28)20-24-9-11-29(20)13-15-5-7-23-8-6-15/h5-9,11-12,16-17H,1-4,10,13-14H2,(H3,22,25,26,27). The average Bonchev–Trinajstić information content (AvgIpc) is 3.43. The molecule has 0 amide bonds. The second kappa shape index (κ2) is 7.69. The number of aromatic nitrogens is 5. The summed E-state index contributed by atoms with van der Waals surface area (Å²) in [5.41, 5.74) is 7.22. The van der Waals surface area contributed by atoms with Crippen LogP contribution in [-0.4, -0.2) is 43.6 Å². The van der Waals surface area contributed by atoms with Crippen molar-refractivity contribution in [3.05, 3.63) is 54.4 Å². The number of hydrogen-bond donors (Lipinski definition) is 2. The smallest absolute Gasteiger partial charge is 0.223 e. The molecule has 1 aliphatic heterocycles. The SMILES string of the molecule is Nc1nc(NC2CC2)cc(N2CCCC(c3nccn3Cc3ccncc3)C2)n1. The van der Waals surface area contributed by atoms with E-state index in [1.165, 1.54) is 18.4 Å². The third-order valence-electron chi connectivity index (χ3n) is 5.62. The Bertz CT molecular complexity index is 966. The van der Waals surface area contributed by atoms with E-state index in [4.69, 9.17) is 10.7 Å². The molecule has 1 aliphatic carbocycles. The lowest BCUT2D eigenvalue weighted by molar-refractivity contribution is 0.474. The number of imidazole rings is 1. The maximum Gasteiger partial charge on any atom is 0.223 e. The highest BCUT2D eigenvalue weighted by Crippen LogP contribution is 2.31. The molecular weight excluding hydrogens is 364 g/mol. The van der Waals surface area contributed by atoms with Gasteiger partial charge in [-0.05, 0) is 43.4 Å². The van der Waals surface area contributed by atoms with Gasteiger partial charge in [-0.1, -0.05) is 0 Å². The van der Waals surface area contributed by atoms with Crippen LogP contribution in [0.3, 0.4) is 0 Å². The Labute approximate surface area is 170 Å². The number of rotatable bonds is 6. The van der Waals surface area contributed by atoms with Crippen molar-refractivity contribution in [2.75, 3.05) is 29.0 Å². The van der Waals surface area contributed by atoms with Gasteiger partial charge in [0.2, 0.25) is 5.95 Å². The molecule has 8 nitrogen and oxygen atoms in total. The van der Waals surface area contributed by atoms with Gasteiger partial charge in [-0.3, -0.25) is 4.98 Å². The lowest BCUT2D eigenvalue weighted by Crippen LogP contribution is -2.36. The van der Waals surface area contributed by atoms with E-state index >= 15 is 0 Å².